The number of anilines is 1. The Hall–Kier alpha value is -2.21. The summed E-state index contributed by atoms with van der Waals surface area (Å²) >= 11 is 1.63. The molecule has 2 heterocycles. The van der Waals surface area contributed by atoms with Gasteiger partial charge in [-0.3, -0.25) is 0 Å². The first-order valence-corrected chi connectivity index (χ1v) is 7.14. The summed E-state index contributed by atoms with van der Waals surface area (Å²) in [6.07, 6.45) is 1.22. The van der Waals surface area contributed by atoms with Gasteiger partial charge in [0.15, 0.2) is 5.82 Å². The predicted octanol–water partition coefficient (Wildman–Crippen LogP) is 2.60. The number of thiazole rings is 1. The Balaban J connectivity index is 1.68. The molecule has 0 fully saturated rings. The van der Waals surface area contributed by atoms with Gasteiger partial charge < -0.3 is 10.3 Å². The van der Waals surface area contributed by atoms with E-state index in [1.54, 1.807) is 11.3 Å². The number of nitrogens with zero attached hydrogens (tertiary/aromatic N) is 3. The summed E-state index contributed by atoms with van der Waals surface area (Å²) in [6.45, 7) is 1.98. The highest BCUT2D eigenvalue weighted by Crippen LogP contribution is 2.13. The number of hydrogen-bond acceptors (Lipinski definition) is 6. The van der Waals surface area contributed by atoms with Crippen molar-refractivity contribution in [1.82, 2.24) is 15.1 Å². The normalized spacial score (nSPS) is 10.8. The Morgan fingerprint density at radius 3 is 2.65 bits per heavy atom. The molecule has 0 radical (unpaired) electrons. The van der Waals surface area contributed by atoms with Gasteiger partial charge in [0.25, 0.3) is 0 Å². The highest BCUT2D eigenvalue weighted by Gasteiger charge is 2.09. The third-order valence-corrected chi connectivity index (χ3v) is 3.67. The van der Waals surface area contributed by atoms with Crippen molar-refractivity contribution in [2.75, 3.05) is 5.73 Å². The van der Waals surface area contributed by atoms with E-state index in [1.807, 2.05) is 36.6 Å². The molecular weight excluding hydrogens is 272 g/mol. The van der Waals surface area contributed by atoms with E-state index in [1.165, 1.54) is 0 Å². The van der Waals surface area contributed by atoms with Gasteiger partial charge in [-0.25, -0.2) is 4.98 Å². The Labute approximate surface area is 120 Å². The quantitative estimate of drug-likeness (QED) is 0.746. The fourth-order valence-electron chi connectivity index (χ4n) is 1.90. The van der Waals surface area contributed by atoms with Crippen LogP contribution in [-0.2, 0) is 12.8 Å². The number of rotatable bonds is 4. The van der Waals surface area contributed by atoms with E-state index in [9.17, 15) is 0 Å². The average molecular weight is 286 g/mol. The fourth-order valence-corrected chi connectivity index (χ4v) is 2.51. The van der Waals surface area contributed by atoms with Crippen LogP contribution in [0.5, 0.6) is 0 Å². The van der Waals surface area contributed by atoms with Gasteiger partial charge in [-0.05, 0) is 24.6 Å². The molecule has 0 unspecified atom stereocenters. The second kappa shape index (κ2) is 5.42. The summed E-state index contributed by atoms with van der Waals surface area (Å²) in [5.41, 5.74) is 8.48. The van der Waals surface area contributed by atoms with Crippen molar-refractivity contribution in [3.8, 4) is 0 Å². The fraction of sp³-hybridized carbons (Fsp3) is 0.214. The predicted molar refractivity (Wildman–Crippen MR) is 77.6 cm³/mol. The number of benzene rings is 1. The average Bonchev–Trinajstić information content (AvgIpc) is 3.02. The maximum atomic E-state index is 5.65. The Morgan fingerprint density at radius 1 is 1.15 bits per heavy atom. The number of hydrogen-bond donors (Lipinski definition) is 1. The molecule has 5 nitrogen and oxygen atoms in total. The number of nitrogen functional groups attached to an aromatic ring is 1. The summed E-state index contributed by atoms with van der Waals surface area (Å²) in [4.78, 5) is 8.78. The van der Waals surface area contributed by atoms with Crippen LogP contribution >= 0.6 is 11.3 Å². The van der Waals surface area contributed by atoms with Crippen molar-refractivity contribution in [2.45, 2.75) is 19.8 Å². The first-order chi connectivity index (χ1) is 9.69. The molecule has 0 saturated heterocycles. The highest BCUT2D eigenvalue weighted by atomic mass is 32.1. The van der Waals surface area contributed by atoms with Gasteiger partial charge in [0.1, 0.15) is 0 Å². The summed E-state index contributed by atoms with van der Waals surface area (Å²) in [5, 5.41) is 7.05. The zero-order valence-electron chi connectivity index (χ0n) is 11.0. The van der Waals surface area contributed by atoms with E-state index in [4.69, 9.17) is 10.3 Å². The summed E-state index contributed by atoms with van der Waals surface area (Å²) < 4.78 is 5.26. The molecule has 3 rings (SSSR count). The van der Waals surface area contributed by atoms with Crippen molar-refractivity contribution in [3.63, 3.8) is 0 Å². The molecule has 20 heavy (non-hydrogen) atoms. The van der Waals surface area contributed by atoms with Gasteiger partial charge in [-0.15, -0.1) is 11.3 Å². The Bertz CT molecular complexity index is 702. The smallest absolute Gasteiger partial charge is 0.231 e. The zero-order chi connectivity index (χ0) is 13.9. The highest BCUT2D eigenvalue weighted by molar-refractivity contribution is 7.09. The third-order valence-electron chi connectivity index (χ3n) is 2.85. The molecule has 0 saturated carbocycles. The molecule has 2 aromatic heterocycles. The van der Waals surface area contributed by atoms with Crippen LogP contribution in [0.4, 0.5) is 5.69 Å². The summed E-state index contributed by atoms with van der Waals surface area (Å²) in [7, 11) is 0. The monoisotopic (exact) mass is 286 g/mol. The minimum absolute atomic E-state index is 0.607. The van der Waals surface area contributed by atoms with Crippen molar-refractivity contribution in [3.05, 3.63) is 57.6 Å². The molecule has 6 heteroatoms. The molecule has 0 aliphatic carbocycles. The zero-order valence-corrected chi connectivity index (χ0v) is 11.9. The lowest BCUT2D eigenvalue weighted by molar-refractivity contribution is 0.380. The van der Waals surface area contributed by atoms with Crippen LogP contribution in [0.3, 0.4) is 0 Å². The van der Waals surface area contributed by atoms with E-state index < -0.39 is 0 Å². The first kappa shape index (κ1) is 12.8. The Morgan fingerprint density at radius 2 is 1.95 bits per heavy atom. The van der Waals surface area contributed by atoms with Crippen LogP contribution in [0, 0.1) is 6.92 Å². The Kier molecular flexibility index (Phi) is 3.47. The third kappa shape index (κ3) is 3.03. The molecular formula is C14H14N4OS. The van der Waals surface area contributed by atoms with Crippen LogP contribution in [-0.4, -0.2) is 15.1 Å². The van der Waals surface area contributed by atoms with Gasteiger partial charge >= 0.3 is 0 Å². The lowest BCUT2D eigenvalue weighted by atomic mass is 10.1. The molecule has 0 aliphatic heterocycles. The molecule has 0 amide bonds. The number of nitrogens with two attached hydrogens (primary N) is 1. The van der Waals surface area contributed by atoms with Crippen LogP contribution in [0.25, 0.3) is 0 Å². The van der Waals surface area contributed by atoms with E-state index in [-0.39, 0.29) is 0 Å². The van der Waals surface area contributed by atoms with Crippen molar-refractivity contribution < 1.29 is 4.52 Å². The van der Waals surface area contributed by atoms with Gasteiger partial charge in [0.05, 0.1) is 23.5 Å². The van der Waals surface area contributed by atoms with E-state index >= 15 is 0 Å². The molecule has 3 aromatic rings. The van der Waals surface area contributed by atoms with Gasteiger partial charge in [-0.1, -0.05) is 17.3 Å². The molecule has 0 bridgehead atoms. The van der Waals surface area contributed by atoms with E-state index in [2.05, 4.69) is 15.1 Å². The largest absolute Gasteiger partial charge is 0.399 e. The van der Waals surface area contributed by atoms with Crippen LogP contribution in [0.15, 0.2) is 34.2 Å². The molecule has 0 aliphatic rings. The summed E-state index contributed by atoms with van der Waals surface area (Å²) in [5.74, 6) is 1.28. The van der Waals surface area contributed by atoms with Crippen LogP contribution < -0.4 is 5.73 Å². The van der Waals surface area contributed by atoms with Crippen LogP contribution in [0.1, 0.15) is 28.0 Å². The summed E-state index contributed by atoms with van der Waals surface area (Å²) in [6, 6.07) is 7.65. The van der Waals surface area contributed by atoms with E-state index in [0.717, 1.165) is 22.0 Å². The second-order valence-corrected chi connectivity index (χ2v) is 5.62. The van der Waals surface area contributed by atoms with Gasteiger partial charge in [0.2, 0.25) is 5.89 Å². The van der Waals surface area contributed by atoms with Gasteiger partial charge in [0, 0.05) is 11.1 Å². The maximum Gasteiger partial charge on any atom is 0.231 e. The molecule has 1 aromatic carbocycles. The maximum absolute atomic E-state index is 5.65. The molecule has 0 atom stereocenters. The number of aromatic nitrogens is 3. The van der Waals surface area contributed by atoms with E-state index in [0.29, 0.717) is 24.6 Å². The van der Waals surface area contributed by atoms with Gasteiger partial charge in [-0.2, -0.15) is 4.98 Å². The van der Waals surface area contributed by atoms with Crippen molar-refractivity contribution in [2.24, 2.45) is 0 Å². The first-order valence-electron chi connectivity index (χ1n) is 6.26. The lowest BCUT2D eigenvalue weighted by Gasteiger charge is -1.96. The molecule has 0 spiro atoms. The molecule has 2 N–H and O–H groups in total. The standard InChI is InChI=1S/C14H14N4OS/c1-9-16-12(8-20-9)7-13-17-14(19-18-13)6-10-2-4-11(15)5-3-10/h2-5,8H,6-7,15H2,1H3. The topological polar surface area (TPSA) is 77.8 Å². The minimum atomic E-state index is 0.607. The SMILES string of the molecule is Cc1nc(Cc2noc(Cc3ccc(N)cc3)n2)cs1. The van der Waals surface area contributed by atoms with Crippen molar-refractivity contribution in [1.29, 1.82) is 0 Å². The van der Waals surface area contributed by atoms with Crippen molar-refractivity contribution >= 4 is 17.0 Å². The second-order valence-electron chi connectivity index (χ2n) is 4.56. The lowest BCUT2D eigenvalue weighted by Crippen LogP contribution is -1.93. The molecule has 102 valence electrons. The minimum Gasteiger partial charge on any atom is -0.399 e. The van der Waals surface area contributed by atoms with Crippen LogP contribution in [0.2, 0.25) is 0 Å². The number of aryl methyl sites for hydroxylation is 1.